The van der Waals surface area contributed by atoms with Gasteiger partial charge in [0, 0.05) is 39.4 Å². The lowest BCUT2D eigenvalue weighted by molar-refractivity contribution is 0.0528. The second-order valence-corrected chi connectivity index (χ2v) is 10.3. The maximum absolute atomic E-state index is 13.6. The van der Waals surface area contributed by atoms with Gasteiger partial charge in [-0.25, -0.2) is 8.42 Å². The second-order valence-electron chi connectivity index (χ2n) is 8.35. The van der Waals surface area contributed by atoms with Crippen molar-refractivity contribution in [1.29, 1.82) is 0 Å². The number of fused-ring (bicyclic) bond motifs is 1. The summed E-state index contributed by atoms with van der Waals surface area (Å²) in [6.45, 7) is 5.09. The highest BCUT2D eigenvalue weighted by Crippen LogP contribution is 2.45. The minimum absolute atomic E-state index is 0.126. The summed E-state index contributed by atoms with van der Waals surface area (Å²) in [5.41, 5.74) is 6.92. The fourth-order valence-electron chi connectivity index (χ4n) is 5.28. The number of hydrogen-bond donors (Lipinski definition) is 1. The Labute approximate surface area is 155 Å². The van der Waals surface area contributed by atoms with Crippen LogP contribution in [0.1, 0.15) is 31.4 Å². The van der Waals surface area contributed by atoms with Crippen LogP contribution in [0, 0.1) is 24.7 Å². The number of likely N-dealkylation sites (tertiary alicyclic amines) is 1. The largest absolute Gasteiger partial charge is 0.381 e. The van der Waals surface area contributed by atoms with Crippen molar-refractivity contribution in [2.75, 3.05) is 26.3 Å². The van der Waals surface area contributed by atoms with E-state index < -0.39 is 15.2 Å². The van der Waals surface area contributed by atoms with E-state index >= 15 is 0 Å². The summed E-state index contributed by atoms with van der Waals surface area (Å²) in [5, 5.41) is 4.13. The van der Waals surface area contributed by atoms with E-state index in [-0.39, 0.29) is 12.0 Å². The molecule has 26 heavy (non-hydrogen) atoms. The third-order valence-corrected chi connectivity index (χ3v) is 8.63. The number of ether oxygens (including phenoxy) is 1. The molecule has 2 aliphatic heterocycles. The Morgan fingerprint density at radius 3 is 2.69 bits per heavy atom. The van der Waals surface area contributed by atoms with E-state index in [2.05, 4.69) is 10.00 Å². The van der Waals surface area contributed by atoms with Crippen molar-refractivity contribution in [3.63, 3.8) is 0 Å². The second kappa shape index (κ2) is 6.89. The monoisotopic (exact) mass is 382 g/mol. The zero-order chi connectivity index (χ0) is 18.5. The molecule has 0 spiro atoms. The molecule has 3 heterocycles. The molecule has 0 unspecified atom stereocenters. The van der Waals surface area contributed by atoms with Gasteiger partial charge in [0.25, 0.3) is 0 Å². The maximum Gasteiger partial charge on any atom is 0.211 e. The third-order valence-electron chi connectivity index (χ3n) is 6.38. The minimum atomic E-state index is -3.49. The van der Waals surface area contributed by atoms with Crippen LogP contribution in [0.25, 0.3) is 0 Å². The summed E-state index contributed by atoms with van der Waals surface area (Å²) >= 11 is 0. The molecule has 3 fully saturated rings. The Hall–Kier alpha value is -0.960. The molecule has 0 radical (unpaired) electrons. The summed E-state index contributed by atoms with van der Waals surface area (Å²) in [4.78, 5) is 2.23. The van der Waals surface area contributed by atoms with Crippen LogP contribution in [-0.4, -0.2) is 60.8 Å². The molecule has 4 atom stereocenters. The van der Waals surface area contributed by atoms with Gasteiger partial charge in [0.1, 0.15) is 5.37 Å². The van der Waals surface area contributed by atoms with E-state index in [1.807, 2.05) is 6.92 Å². The highest BCUT2D eigenvalue weighted by atomic mass is 32.2. The number of aromatic nitrogens is 2. The Morgan fingerprint density at radius 2 is 2.04 bits per heavy atom. The summed E-state index contributed by atoms with van der Waals surface area (Å²) in [5.74, 6) is 1.03. The molecule has 1 aliphatic carbocycles. The van der Waals surface area contributed by atoms with E-state index in [1.165, 1.54) is 4.68 Å². The Bertz CT molecular complexity index is 756. The first kappa shape index (κ1) is 18.4. The molecule has 1 saturated carbocycles. The quantitative estimate of drug-likeness (QED) is 0.833. The summed E-state index contributed by atoms with van der Waals surface area (Å²) in [6.07, 6.45) is 3.77. The highest BCUT2D eigenvalue weighted by molar-refractivity contribution is 7.92. The first-order chi connectivity index (χ1) is 12.4. The van der Waals surface area contributed by atoms with Crippen molar-refractivity contribution < 1.29 is 13.2 Å². The van der Waals surface area contributed by atoms with Crippen molar-refractivity contribution in [3.8, 4) is 0 Å². The number of sulfone groups is 1. The van der Waals surface area contributed by atoms with Crippen LogP contribution >= 0.6 is 0 Å². The molecule has 1 aromatic heterocycles. The van der Waals surface area contributed by atoms with Gasteiger partial charge in [-0.1, -0.05) is 0 Å². The zero-order valence-corrected chi connectivity index (χ0v) is 16.5. The first-order valence-electron chi connectivity index (χ1n) is 9.68. The van der Waals surface area contributed by atoms with Gasteiger partial charge in [-0.05, 0) is 56.4 Å². The van der Waals surface area contributed by atoms with Crippen LogP contribution in [0.2, 0.25) is 0 Å². The Balaban J connectivity index is 1.65. The molecule has 0 bridgehead atoms. The molecule has 0 amide bonds. The SMILES string of the molecule is Cc1cc(S(=O)(=O)[C@H]2[C@H]3C[C@@H](N)C[C@@H]3CN2CC2CCOCC2)n(C)n1. The number of nitrogens with two attached hydrogens (primary N) is 1. The number of hydrogen-bond acceptors (Lipinski definition) is 6. The van der Waals surface area contributed by atoms with Crippen LogP contribution in [0.3, 0.4) is 0 Å². The number of aryl methyl sites for hydroxylation is 2. The Morgan fingerprint density at radius 1 is 1.31 bits per heavy atom. The average molecular weight is 383 g/mol. The average Bonchev–Trinajstić information content (AvgIpc) is 3.19. The summed E-state index contributed by atoms with van der Waals surface area (Å²) in [6, 6.07) is 1.82. The van der Waals surface area contributed by atoms with Crippen LogP contribution in [0.4, 0.5) is 0 Å². The van der Waals surface area contributed by atoms with E-state index in [1.54, 1.807) is 13.1 Å². The molecule has 7 nitrogen and oxygen atoms in total. The van der Waals surface area contributed by atoms with E-state index in [4.69, 9.17) is 10.5 Å². The Kier molecular flexibility index (Phi) is 4.88. The van der Waals surface area contributed by atoms with Gasteiger partial charge in [0.15, 0.2) is 5.03 Å². The lowest BCUT2D eigenvalue weighted by atomic mass is 10.00. The van der Waals surface area contributed by atoms with E-state index in [9.17, 15) is 8.42 Å². The number of rotatable bonds is 4. The van der Waals surface area contributed by atoms with E-state index in [0.717, 1.165) is 57.7 Å². The van der Waals surface area contributed by atoms with Crippen molar-refractivity contribution >= 4 is 9.84 Å². The van der Waals surface area contributed by atoms with Crippen LogP contribution in [0.15, 0.2) is 11.1 Å². The van der Waals surface area contributed by atoms with Crippen LogP contribution in [0.5, 0.6) is 0 Å². The highest BCUT2D eigenvalue weighted by Gasteiger charge is 2.53. The molecule has 146 valence electrons. The zero-order valence-electron chi connectivity index (χ0n) is 15.7. The summed E-state index contributed by atoms with van der Waals surface area (Å²) < 4.78 is 34.2. The number of nitrogens with zero attached hydrogens (tertiary/aromatic N) is 3. The lowest BCUT2D eigenvalue weighted by Gasteiger charge is -2.32. The van der Waals surface area contributed by atoms with Crippen molar-refractivity contribution in [1.82, 2.24) is 14.7 Å². The topological polar surface area (TPSA) is 90.5 Å². The van der Waals surface area contributed by atoms with Gasteiger partial charge < -0.3 is 10.5 Å². The van der Waals surface area contributed by atoms with Crippen molar-refractivity contribution in [3.05, 3.63) is 11.8 Å². The van der Waals surface area contributed by atoms with Gasteiger partial charge in [-0.15, -0.1) is 0 Å². The molecular formula is C18H30N4O3S. The smallest absolute Gasteiger partial charge is 0.211 e. The fourth-order valence-corrected chi connectivity index (χ4v) is 7.63. The lowest BCUT2D eigenvalue weighted by Crippen LogP contribution is -2.44. The minimum Gasteiger partial charge on any atom is -0.381 e. The maximum atomic E-state index is 13.6. The van der Waals surface area contributed by atoms with Crippen molar-refractivity contribution in [2.45, 2.75) is 49.0 Å². The normalized spacial score (nSPS) is 33.7. The van der Waals surface area contributed by atoms with Gasteiger partial charge >= 0.3 is 0 Å². The molecular weight excluding hydrogens is 352 g/mol. The van der Waals surface area contributed by atoms with Gasteiger partial charge in [0.2, 0.25) is 9.84 Å². The summed E-state index contributed by atoms with van der Waals surface area (Å²) in [7, 11) is -1.77. The van der Waals surface area contributed by atoms with Crippen molar-refractivity contribution in [2.24, 2.45) is 30.5 Å². The van der Waals surface area contributed by atoms with Gasteiger partial charge in [-0.3, -0.25) is 9.58 Å². The fraction of sp³-hybridized carbons (Fsp3) is 0.833. The molecule has 4 rings (SSSR count). The molecule has 0 aromatic carbocycles. The first-order valence-corrected chi connectivity index (χ1v) is 11.2. The predicted octanol–water partition coefficient (Wildman–Crippen LogP) is 0.924. The molecule has 3 aliphatic rings. The van der Waals surface area contributed by atoms with Crippen LogP contribution < -0.4 is 5.73 Å². The molecule has 1 aromatic rings. The molecule has 2 N–H and O–H groups in total. The molecule has 8 heteroatoms. The molecule has 2 saturated heterocycles. The van der Waals surface area contributed by atoms with E-state index in [0.29, 0.717) is 16.9 Å². The predicted molar refractivity (Wildman–Crippen MR) is 98.2 cm³/mol. The standard InChI is InChI=1S/C18H30N4O3S/c1-12-7-17(21(2)20-12)26(23,24)18-16-9-15(19)8-14(16)11-22(18)10-13-3-5-25-6-4-13/h7,13-16,18H,3-6,8-11,19H2,1-2H3/t14-,15+,16+,18+/m1/s1. The van der Waals surface area contributed by atoms with Crippen LogP contribution in [-0.2, 0) is 21.6 Å². The third kappa shape index (κ3) is 3.21. The van der Waals surface area contributed by atoms with Gasteiger partial charge in [-0.2, -0.15) is 5.10 Å². The van der Waals surface area contributed by atoms with Gasteiger partial charge in [0.05, 0.1) is 5.69 Å².